The zero-order chi connectivity index (χ0) is 17.0. The van der Waals surface area contributed by atoms with Gasteiger partial charge < -0.3 is 15.2 Å². The highest BCUT2D eigenvalue weighted by Crippen LogP contribution is 2.34. The molecule has 1 saturated carbocycles. The standard InChI is InChI=1S/C16H21ClN2O4/c1-3-23-14-12(17)8-10(9-18-14)13(20)19-16(2)7-5-4-6-11(16)15(21)22/h8-9,11H,3-7H2,1-2H3,(H,19,20)(H,21,22). The first-order valence-corrected chi connectivity index (χ1v) is 8.09. The Hall–Kier alpha value is -1.82. The number of carbonyl (C=O) groups excluding carboxylic acids is 1. The van der Waals surface area contributed by atoms with Crippen molar-refractivity contribution >= 4 is 23.5 Å². The first kappa shape index (κ1) is 17.5. The van der Waals surface area contributed by atoms with E-state index in [0.29, 0.717) is 19.4 Å². The highest BCUT2D eigenvalue weighted by Gasteiger charge is 2.42. The average molecular weight is 341 g/mol. The third-order valence-electron chi connectivity index (χ3n) is 4.26. The van der Waals surface area contributed by atoms with E-state index in [1.165, 1.54) is 12.3 Å². The summed E-state index contributed by atoms with van der Waals surface area (Å²) in [7, 11) is 0. The molecule has 2 atom stereocenters. The summed E-state index contributed by atoms with van der Waals surface area (Å²) in [6.45, 7) is 4.03. The summed E-state index contributed by atoms with van der Waals surface area (Å²) in [6, 6.07) is 1.48. The third kappa shape index (κ3) is 3.93. The molecule has 1 amide bonds. The molecule has 1 aromatic rings. The number of pyridine rings is 1. The van der Waals surface area contributed by atoms with Crippen molar-refractivity contribution in [3.8, 4) is 5.88 Å². The van der Waals surface area contributed by atoms with Gasteiger partial charge in [-0.05, 0) is 32.8 Å². The minimum atomic E-state index is -0.879. The number of ether oxygens (including phenoxy) is 1. The van der Waals surface area contributed by atoms with Gasteiger partial charge in [0.2, 0.25) is 5.88 Å². The van der Waals surface area contributed by atoms with E-state index in [2.05, 4.69) is 10.3 Å². The Bertz CT molecular complexity index is 608. The molecule has 7 heteroatoms. The Kier molecular flexibility index (Phi) is 5.46. The van der Waals surface area contributed by atoms with Crippen LogP contribution in [-0.4, -0.2) is 34.1 Å². The first-order chi connectivity index (χ1) is 10.9. The molecule has 0 aromatic carbocycles. The maximum atomic E-state index is 12.5. The van der Waals surface area contributed by atoms with Crippen molar-refractivity contribution in [1.29, 1.82) is 0 Å². The molecule has 6 nitrogen and oxygen atoms in total. The van der Waals surface area contributed by atoms with E-state index in [4.69, 9.17) is 16.3 Å². The van der Waals surface area contributed by atoms with Crippen LogP contribution in [0.5, 0.6) is 5.88 Å². The van der Waals surface area contributed by atoms with Crippen molar-refractivity contribution < 1.29 is 19.4 Å². The fraction of sp³-hybridized carbons (Fsp3) is 0.562. The number of nitrogens with one attached hydrogen (secondary N) is 1. The van der Waals surface area contributed by atoms with Crippen molar-refractivity contribution in [2.75, 3.05) is 6.61 Å². The molecule has 1 aromatic heterocycles. The molecule has 1 aliphatic carbocycles. The third-order valence-corrected chi connectivity index (χ3v) is 4.53. The number of halogens is 1. The monoisotopic (exact) mass is 340 g/mol. The smallest absolute Gasteiger partial charge is 0.308 e. The molecule has 1 heterocycles. The van der Waals surface area contributed by atoms with Crippen molar-refractivity contribution in [3.63, 3.8) is 0 Å². The minimum absolute atomic E-state index is 0.253. The van der Waals surface area contributed by atoms with Gasteiger partial charge in [-0.25, -0.2) is 4.98 Å². The predicted octanol–water partition coefficient (Wildman–Crippen LogP) is 2.90. The molecule has 2 unspecified atom stereocenters. The van der Waals surface area contributed by atoms with Gasteiger partial charge in [0, 0.05) is 6.20 Å². The number of aliphatic carboxylic acids is 1. The fourth-order valence-electron chi connectivity index (χ4n) is 3.00. The van der Waals surface area contributed by atoms with E-state index in [9.17, 15) is 14.7 Å². The molecule has 126 valence electrons. The number of carbonyl (C=O) groups is 2. The zero-order valence-electron chi connectivity index (χ0n) is 13.3. The number of hydrogen-bond donors (Lipinski definition) is 2. The molecule has 2 N–H and O–H groups in total. The van der Waals surface area contributed by atoms with Crippen molar-refractivity contribution in [2.45, 2.75) is 45.1 Å². The van der Waals surface area contributed by atoms with Crippen LogP contribution in [0.3, 0.4) is 0 Å². The van der Waals surface area contributed by atoms with Gasteiger partial charge in [-0.3, -0.25) is 9.59 Å². The molecular weight excluding hydrogens is 320 g/mol. The second-order valence-corrected chi connectivity index (χ2v) is 6.36. The number of carboxylic acids is 1. The lowest BCUT2D eigenvalue weighted by atomic mass is 9.74. The van der Waals surface area contributed by atoms with E-state index in [1.807, 2.05) is 6.92 Å². The van der Waals surface area contributed by atoms with E-state index < -0.39 is 17.4 Å². The Labute approximate surface area is 140 Å². The molecule has 0 bridgehead atoms. The Balaban J connectivity index is 2.17. The van der Waals surface area contributed by atoms with Crippen LogP contribution >= 0.6 is 11.6 Å². The molecule has 0 spiro atoms. The number of carboxylic acid groups (broad SMARTS) is 1. The summed E-state index contributed by atoms with van der Waals surface area (Å²) >= 11 is 6.05. The number of amides is 1. The SMILES string of the molecule is CCOc1ncc(C(=O)NC2(C)CCCCC2C(=O)O)cc1Cl. The molecule has 23 heavy (non-hydrogen) atoms. The van der Waals surface area contributed by atoms with Crippen molar-refractivity contribution in [2.24, 2.45) is 5.92 Å². The van der Waals surface area contributed by atoms with Crippen LogP contribution in [0, 0.1) is 5.92 Å². The van der Waals surface area contributed by atoms with Crippen molar-refractivity contribution in [1.82, 2.24) is 10.3 Å². The summed E-state index contributed by atoms with van der Waals surface area (Å²) in [5.41, 5.74) is -0.485. The zero-order valence-corrected chi connectivity index (χ0v) is 14.0. The van der Waals surface area contributed by atoms with Crippen LogP contribution < -0.4 is 10.1 Å². The highest BCUT2D eigenvalue weighted by molar-refractivity contribution is 6.32. The normalized spacial score (nSPS) is 24.0. The van der Waals surface area contributed by atoms with Gasteiger partial charge in [0.15, 0.2) is 0 Å². The van der Waals surface area contributed by atoms with Gasteiger partial charge >= 0.3 is 5.97 Å². The molecular formula is C16H21ClN2O4. The van der Waals surface area contributed by atoms with Gasteiger partial charge in [-0.1, -0.05) is 24.4 Å². The Morgan fingerprint density at radius 2 is 2.26 bits per heavy atom. The maximum absolute atomic E-state index is 12.5. The number of rotatable bonds is 5. The summed E-state index contributed by atoms with van der Waals surface area (Å²) in [5, 5.41) is 12.5. The maximum Gasteiger partial charge on any atom is 0.308 e. The van der Waals surface area contributed by atoms with Crippen LogP contribution in [0.25, 0.3) is 0 Å². The lowest BCUT2D eigenvalue weighted by Gasteiger charge is -2.39. The van der Waals surface area contributed by atoms with Gasteiger partial charge in [-0.2, -0.15) is 0 Å². The molecule has 1 aliphatic rings. The molecule has 1 fully saturated rings. The Morgan fingerprint density at radius 3 is 2.87 bits per heavy atom. The minimum Gasteiger partial charge on any atom is -0.481 e. The number of nitrogens with zero attached hydrogens (tertiary/aromatic N) is 1. The van der Waals surface area contributed by atoms with E-state index >= 15 is 0 Å². The number of hydrogen-bond acceptors (Lipinski definition) is 4. The van der Waals surface area contributed by atoms with Crippen LogP contribution in [0.4, 0.5) is 0 Å². The lowest BCUT2D eigenvalue weighted by molar-refractivity contribution is -0.145. The largest absolute Gasteiger partial charge is 0.481 e. The quantitative estimate of drug-likeness (QED) is 0.860. The van der Waals surface area contributed by atoms with Gasteiger partial charge in [0.05, 0.1) is 23.6 Å². The highest BCUT2D eigenvalue weighted by atomic mass is 35.5. The summed E-state index contributed by atoms with van der Waals surface area (Å²) in [5.74, 6) is -1.57. The molecule has 0 saturated heterocycles. The van der Waals surface area contributed by atoms with Gasteiger partial charge in [0.1, 0.15) is 5.02 Å². The fourth-order valence-corrected chi connectivity index (χ4v) is 3.22. The lowest BCUT2D eigenvalue weighted by Crippen LogP contribution is -2.55. The summed E-state index contributed by atoms with van der Waals surface area (Å²) < 4.78 is 5.24. The van der Waals surface area contributed by atoms with E-state index in [-0.39, 0.29) is 22.4 Å². The van der Waals surface area contributed by atoms with Crippen LogP contribution in [-0.2, 0) is 4.79 Å². The van der Waals surface area contributed by atoms with Crippen LogP contribution in [0.2, 0.25) is 5.02 Å². The van der Waals surface area contributed by atoms with Crippen LogP contribution in [0.1, 0.15) is 49.9 Å². The van der Waals surface area contributed by atoms with Crippen molar-refractivity contribution in [3.05, 3.63) is 22.8 Å². The van der Waals surface area contributed by atoms with Crippen LogP contribution in [0.15, 0.2) is 12.3 Å². The average Bonchev–Trinajstić information content (AvgIpc) is 2.49. The molecule has 0 radical (unpaired) electrons. The van der Waals surface area contributed by atoms with E-state index in [0.717, 1.165) is 12.8 Å². The molecule has 2 rings (SSSR count). The van der Waals surface area contributed by atoms with E-state index in [1.54, 1.807) is 6.92 Å². The topological polar surface area (TPSA) is 88.5 Å². The van der Waals surface area contributed by atoms with Gasteiger partial charge in [-0.15, -0.1) is 0 Å². The number of aromatic nitrogens is 1. The predicted molar refractivity (Wildman–Crippen MR) is 85.9 cm³/mol. The van der Waals surface area contributed by atoms with Gasteiger partial charge in [0.25, 0.3) is 5.91 Å². The second-order valence-electron chi connectivity index (χ2n) is 5.95. The summed E-state index contributed by atoms with van der Waals surface area (Å²) in [4.78, 5) is 27.9. The molecule has 0 aliphatic heterocycles. The summed E-state index contributed by atoms with van der Waals surface area (Å²) in [6.07, 6.45) is 4.33. The second kappa shape index (κ2) is 7.17. The Morgan fingerprint density at radius 1 is 1.52 bits per heavy atom. The first-order valence-electron chi connectivity index (χ1n) is 7.71.